The summed E-state index contributed by atoms with van der Waals surface area (Å²) in [6, 6.07) is 13.2. The molecule has 1 aromatic heterocycles. The van der Waals surface area contributed by atoms with Gasteiger partial charge >= 0.3 is 0 Å². The van der Waals surface area contributed by atoms with Gasteiger partial charge in [-0.05, 0) is 45.8 Å². The monoisotopic (exact) mass is 337 g/mol. The molecule has 8 nitrogen and oxygen atoms in total. The third-order valence-electron chi connectivity index (χ3n) is 3.84. The van der Waals surface area contributed by atoms with Crippen LogP contribution in [0.4, 0.5) is 0 Å². The topological polar surface area (TPSA) is 91.2 Å². The van der Waals surface area contributed by atoms with E-state index in [9.17, 15) is 4.79 Å². The number of nitrogens with one attached hydrogen (secondary N) is 1. The molecule has 0 unspecified atom stereocenters. The number of amides is 1. The number of hydrogen-bond acceptors (Lipinski definition) is 6. The predicted molar refractivity (Wildman–Crippen MR) is 87.3 cm³/mol. The first kappa shape index (κ1) is 15.1. The van der Waals surface area contributed by atoms with Crippen molar-refractivity contribution in [3.05, 3.63) is 59.9 Å². The summed E-state index contributed by atoms with van der Waals surface area (Å²) in [5.41, 5.74) is 2.72. The highest BCUT2D eigenvalue weighted by Gasteiger charge is 2.13. The van der Waals surface area contributed by atoms with E-state index in [1.54, 1.807) is 4.68 Å². The van der Waals surface area contributed by atoms with Gasteiger partial charge < -0.3 is 14.8 Å². The molecule has 8 heteroatoms. The second kappa shape index (κ2) is 6.60. The van der Waals surface area contributed by atoms with Crippen LogP contribution in [0.15, 0.2) is 48.8 Å². The first-order valence-electron chi connectivity index (χ1n) is 7.75. The quantitative estimate of drug-likeness (QED) is 0.753. The van der Waals surface area contributed by atoms with Crippen molar-refractivity contribution < 1.29 is 14.3 Å². The molecule has 0 saturated heterocycles. The molecule has 0 spiro atoms. The van der Waals surface area contributed by atoms with Gasteiger partial charge in [-0.25, -0.2) is 4.68 Å². The van der Waals surface area contributed by atoms with Crippen LogP contribution in [-0.2, 0) is 17.8 Å². The standard InChI is InChI=1S/C17H15N5O3/c23-17(18-9-13-3-6-15-16(7-13)25-11-24-15)8-12-1-4-14(5-2-12)22-10-19-20-21-22/h1-7,10H,8-9,11H2,(H,18,23). The molecule has 2 heterocycles. The van der Waals surface area contributed by atoms with Crippen LogP contribution in [0.1, 0.15) is 11.1 Å². The molecule has 1 aliphatic heterocycles. The van der Waals surface area contributed by atoms with Gasteiger partial charge in [-0.2, -0.15) is 0 Å². The molecule has 3 aromatic rings. The maximum atomic E-state index is 12.1. The lowest BCUT2D eigenvalue weighted by atomic mass is 10.1. The van der Waals surface area contributed by atoms with Gasteiger partial charge in [0, 0.05) is 6.54 Å². The zero-order chi connectivity index (χ0) is 17.1. The first-order valence-corrected chi connectivity index (χ1v) is 7.75. The third kappa shape index (κ3) is 3.42. The summed E-state index contributed by atoms with van der Waals surface area (Å²) < 4.78 is 12.2. The molecule has 2 aromatic carbocycles. The molecular weight excluding hydrogens is 322 g/mol. The van der Waals surface area contributed by atoms with Crippen LogP contribution in [-0.4, -0.2) is 32.9 Å². The number of benzene rings is 2. The van der Waals surface area contributed by atoms with Gasteiger partial charge in [0.2, 0.25) is 12.7 Å². The Morgan fingerprint density at radius 3 is 2.68 bits per heavy atom. The Labute approximate surface area is 143 Å². The Kier molecular flexibility index (Phi) is 3.99. The molecule has 4 rings (SSSR count). The van der Waals surface area contributed by atoms with Crippen LogP contribution in [0.3, 0.4) is 0 Å². The summed E-state index contributed by atoms with van der Waals surface area (Å²) in [6.07, 6.45) is 1.83. The van der Waals surface area contributed by atoms with E-state index < -0.39 is 0 Å². The van der Waals surface area contributed by atoms with E-state index in [4.69, 9.17) is 9.47 Å². The number of aromatic nitrogens is 4. The number of carbonyl (C=O) groups excluding carboxylic acids is 1. The summed E-state index contributed by atoms with van der Waals surface area (Å²) >= 11 is 0. The average Bonchev–Trinajstić information content (AvgIpc) is 3.32. The fourth-order valence-electron chi connectivity index (χ4n) is 2.55. The van der Waals surface area contributed by atoms with Crippen LogP contribution in [0.2, 0.25) is 0 Å². The van der Waals surface area contributed by atoms with Crippen LogP contribution >= 0.6 is 0 Å². The maximum absolute atomic E-state index is 12.1. The molecule has 0 atom stereocenters. The van der Waals surface area contributed by atoms with Gasteiger partial charge in [-0.1, -0.05) is 18.2 Å². The predicted octanol–water partition coefficient (Wildman–Crippen LogP) is 1.25. The number of rotatable bonds is 5. The van der Waals surface area contributed by atoms with Crippen LogP contribution < -0.4 is 14.8 Å². The summed E-state index contributed by atoms with van der Waals surface area (Å²) in [6.45, 7) is 0.685. The molecule has 1 aliphatic rings. The van der Waals surface area contributed by atoms with Crippen LogP contribution in [0.5, 0.6) is 11.5 Å². The van der Waals surface area contributed by atoms with Gasteiger partial charge in [-0.3, -0.25) is 4.79 Å². The lowest BCUT2D eigenvalue weighted by molar-refractivity contribution is -0.120. The van der Waals surface area contributed by atoms with E-state index >= 15 is 0 Å². The van der Waals surface area contributed by atoms with Crippen molar-refractivity contribution in [2.75, 3.05) is 6.79 Å². The first-order chi connectivity index (χ1) is 12.3. The number of hydrogen-bond donors (Lipinski definition) is 1. The lowest BCUT2D eigenvalue weighted by Gasteiger charge is -2.07. The van der Waals surface area contributed by atoms with E-state index in [-0.39, 0.29) is 12.7 Å². The fraction of sp³-hybridized carbons (Fsp3) is 0.176. The van der Waals surface area contributed by atoms with Crippen LogP contribution in [0.25, 0.3) is 5.69 Å². The summed E-state index contributed by atoms with van der Waals surface area (Å²) in [5.74, 6) is 1.40. The average molecular weight is 337 g/mol. The van der Waals surface area contributed by atoms with Gasteiger partial charge in [0.05, 0.1) is 12.1 Å². The van der Waals surface area contributed by atoms with E-state index in [1.807, 2.05) is 42.5 Å². The third-order valence-corrected chi connectivity index (χ3v) is 3.84. The molecule has 0 aliphatic carbocycles. The molecule has 0 radical (unpaired) electrons. The molecule has 0 fully saturated rings. The highest BCUT2D eigenvalue weighted by molar-refractivity contribution is 5.78. The van der Waals surface area contributed by atoms with E-state index in [1.165, 1.54) is 6.33 Å². The second-order valence-electron chi connectivity index (χ2n) is 5.56. The molecule has 126 valence electrons. The lowest BCUT2D eigenvalue weighted by Crippen LogP contribution is -2.24. The van der Waals surface area contributed by atoms with E-state index in [2.05, 4.69) is 20.8 Å². The Hall–Kier alpha value is -3.42. The SMILES string of the molecule is O=C(Cc1ccc(-n2cnnn2)cc1)NCc1ccc2c(c1)OCO2. The number of carbonyl (C=O) groups is 1. The number of fused-ring (bicyclic) bond motifs is 1. The van der Waals surface area contributed by atoms with Crippen molar-refractivity contribution in [1.82, 2.24) is 25.5 Å². The molecular formula is C17H15N5O3. The minimum absolute atomic E-state index is 0.0483. The molecule has 25 heavy (non-hydrogen) atoms. The smallest absolute Gasteiger partial charge is 0.231 e. The highest BCUT2D eigenvalue weighted by Crippen LogP contribution is 2.32. The van der Waals surface area contributed by atoms with E-state index in [0.29, 0.717) is 18.7 Å². The molecule has 1 amide bonds. The van der Waals surface area contributed by atoms with Crippen LogP contribution in [0, 0.1) is 0 Å². The maximum Gasteiger partial charge on any atom is 0.231 e. The van der Waals surface area contributed by atoms with Crippen molar-refractivity contribution in [2.24, 2.45) is 0 Å². The molecule has 0 saturated carbocycles. The summed E-state index contributed by atoms with van der Waals surface area (Å²) in [4.78, 5) is 12.1. The van der Waals surface area contributed by atoms with Gasteiger partial charge in [0.15, 0.2) is 11.5 Å². The van der Waals surface area contributed by atoms with Crippen molar-refractivity contribution >= 4 is 5.91 Å². The zero-order valence-electron chi connectivity index (χ0n) is 13.3. The largest absolute Gasteiger partial charge is 0.454 e. The number of ether oxygens (including phenoxy) is 2. The fourth-order valence-corrected chi connectivity index (χ4v) is 2.55. The van der Waals surface area contributed by atoms with Crippen molar-refractivity contribution in [1.29, 1.82) is 0 Å². The normalized spacial score (nSPS) is 12.2. The van der Waals surface area contributed by atoms with Crippen molar-refractivity contribution in [2.45, 2.75) is 13.0 Å². The number of tetrazole rings is 1. The number of nitrogens with zero attached hydrogens (tertiary/aromatic N) is 4. The summed E-state index contributed by atoms with van der Waals surface area (Å²) in [5, 5.41) is 13.9. The second-order valence-corrected chi connectivity index (χ2v) is 5.56. The Morgan fingerprint density at radius 1 is 1.08 bits per heavy atom. The molecule has 1 N–H and O–H groups in total. The van der Waals surface area contributed by atoms with Gasteiger partial charge in [0.1, 0.15) is 6.33 Å². The Balaban J connectivity index is 1.33. The van der Waals surface area contributed by atoms with E-state index in [0.717, 1.165) is 22.6 Å². The summed E-state index contributed by atoms with van der Waals surface area (Å²) in [7, 11) is 0. The Bertz CT molecular complexity index is 878. The Morgan fingerprint density at radius 2 is 1.88 bits per heavy atom. The molecule has 0 bridgehead atoms. The minimum atomic E-state index is -0.0483. The van der Waals surface area contributed by atoms with Crippen molar-refractivity contribution in [3.8, 4) is 17.2 Å². The minimum Gasteiger partial charge on any atom is -0.454 e. The van der Waals surface area contributed by atoms with Gasteiger partial charge in [0.25, 0.3) is 0 Å². The van der Waals surface area contributed by atoms with Crippen molar-refractivity contribution in [3.63, 3.8) is 0 Å². The highest BCUT2D eigenvalue weighted by atomic mass is 16.7. The van der Waals surface area contributed by atoms with Gasteiger partial charge in [-0.15, -0.1) is 5.10 Å². The zero-order valence-corrected chi connectivity index (χ0v) is 13.3.